The molecular formula is C35H38F2N2O3. The summed E-state index contributed by atoms with van der Waals surface area (Å²) in [6.45, 7) is 1.52. The van der Waals surface area contributed by atoms with Crippen LogP contribution in [0.15, 0.2) is 97.1 Å². The van der Waals surface area contributed by atoms with Crippen LogP contribution in [-0.2, 0) is 4.79 Å². The van der Waals surface area contributed by atoms with Crippen LogP contribution in [0.25, 0.3) is 0 Å². The number of ketones is 1. The van der Waals surface area contributed by atoms with E-state index in [2.05, 4.69) is 9.80 Å². The molecule has 0 aliphatic rings. The van der Waals surface area contributed by atoms with Crippen LogP contribution in [-0.4, -0.2) is 56.9 Å². The van der Waals surface area contributed by atoms with Gasteiger partial charge in [0.2, 0.25) is 0 Å². The molecule has 0 radical (unpaired) electrons. The van der Waals surface area contributed by atoms with E-state index in [1.165, 1.54) is 24.3 Å². The molecule has 0 bridgehead atoms. The third-order valence-corrected chi connectivity index (χ3v) is 7.08. The Labute approximate surface area is 247 Å². The van der Waals surface area contributed by atoms with Crippen LogP contribution in [0.2, 0.25) is 0 Å². The Bertz CT molecular complexity index is 1300. The Morgan fingerprint density at radius 3 is 1.12 bits per heavy atom. The van der Waals surface area contributed by atoms with Crippen LogP contribution in [0.4, 0.5) is 8.78 Å². The van der Waals surface area contributed by atoms with Crippen molar-refractivity contribution in [2.24, 2.45) is 0 Å². The van der Waals surface area contributed by atoms with Gasteiger partial charge in [-0.15, -0.1) is 0 Å². The van der Waals surface area contributed by atoms with Gasteiger partial charge in [0.25, 0.3) is 0 Å². The molecule has 220 valence electrons. The van der Waals surface area contributed by atoms with E-state index in [4.69, 9.17) is 9.47 Å². The lowest BCUT2D eigenvalue weighted by atomic mass is 9.80. The molecule has 2 unspecified atom stereocenters. The van der Waals surface area contributed by atoms with Gasteiger partial charge in [0.05, 0.1) is 0 Å². The minimum Gasteiger partial charge on any atom is -0.457 e. The first-order chi connectivity index (χ1) is 20.2. The van der Waals surface area contributed by atoms with Crippen molar-refractivity contribution >= 4 is 5.78 Å². The largest absolute Gasteiger partial charge is 0.457 e. The quantitative estimate of drug-likeness (QED) is 0.154. The van der Waals surface area contributed by atoms with Crippen molar-refractivity contribution in [3.8, 4) is 23.0 Å². The molecule has 0 amide bonds. The zero-order valence-corrected chi connectivity index (χ0v) is 24.6. The van der Waals surface area contributed by atoms with E-state index in [-0.39, 0.29) is 29.3 Å². The van der Waals surface area contributed by atoms with Gasteiger partial charge in [0.1, 0.15) is 40.4 Å². The summed E-state index contributed by atoms with van der Waals surface area (Å²) in [7, 11) is 8.02. The molecule has 0 aliphatic heterocycles. The molecule has 4 aromatic rings. The summed E-state index contributed by atoms with van der Waals surface area (Å²) in [5, 5.41) is 0. The van der Waals surface area contributed by atoms with E-state index < -0.39 is 0 Å². The summed E-state index contributed by atoms with van der Waals surface area (Å²) >= 11 is 0. The molecule has 0 heterocycles. The van der Waals surface area contributed by atoms with Crippen molar-refractivity contribution in [3.63, 3.8) is 0 Å². The Morgan fingerprint density at radius 2 is 0.833 bits per heavy atom. The number of hydrogen-bond donors (Lipinski definition) is 0. The van der Waals surface area contributed by atoms with Gasteiger partial charge in [-0.25, -0.2) is 8.78 Å². The monoisotopic (exact) mass is 572 g/mol. The fraction of sp³-hybridized carbons (Fsp3) is 0.286. The van der Waals surface area contributed by atoms with Crippen molar-refractivity contribution < 1.29 is 23.0 Å². The lowest BCUT2D eigenvalue weighted by molar-refractivity contribution is -0.122. The number of halogens is 2. The number of ether oxygens (including phenoxy) is 2. The maximum atomic E-state index is 14.3. The number of rotatable bonds is 14. The van der Waals surface area contributed by atoms with Crippen LogP contribution in [0.1, 0.15) is 35.8 Å². The molecule has 0 aliphatic carbocycles. The van der Waals surface area contributed by atoms with Crippen LogP contribution in [0.5, 0.6) is 23.0 Å². The molecule has 4 rings (SSSR count). The minimum absolute atomic E-state index is 0.165. The standard InChI is InChI=1S/C35H38F2N2O3/c1-38(2)23-21-33(25-5-13-29(14-6-25)41-31-17-9-27(36)10-18-31)35(40)34(22-24-39(3)4)26-7-15-30(16-8-26)42-32-19-11-28(37)12-20-32/h5-20,33-34H,21-24H2,1-4H3. The molecule has 0 saturated carbocycles. The summed E-state index contributed by atoms with van der Waals surface area (Å²) in [6, 6.07) is 26.9. The molecule has 0 N–H and O–H groups in total. The van der Waals surface area contributed by atoms with Gasteiger partial charge in [-0.2, -0.15) is 0 Å². The third-order valence-electron chi connectivity index (χ3n) is 7.08. The summed E-state index contributed by atoms with van der Waals surface area (Å²) in [4.78, 5) is 18.5. The highest BCUT2D eigenvalue weighted by molar-refractivity contribution is 5.92. The van der Waals surface area contributed by atoms with Crippen LogP contribution < -0.4 is 9.47 Å². The van der Waals surface area contributed by atoms with Crippen molar-refractivity contribution in [1.82, 2.24) is 9.80 Å². The van der Waals surface area contributed by atoms with E-state index in [9.17, 15) is 13.6 Å². The number of carbonyl (C=O) groups excluding carboxylic acids is 1. The van der Waals surface area contributed by atoms with Gasteiger partial charge in [0.15, 0.2) is 0 Å². The summed E-state index contributed by atoms with van der Waals surface area (Å²) < 4.78 is 38.3. The summed E-state index contributed by atoms with van der Waals surface area (Å²) in [5.74, 6) is 1.22. The topological polar surface area (TPSA) is 42.0 Å². The number of nitrogens with zero attached hydrogens (tertiary/aromatic N) is 2. The van der Waals surface area contributed by atoms with E-state index in [1.807, 2.05) is 76.7 Å². The first-order valence-corrected chi connectivity index (χ1v) is 14.1. The SMILES string of the molecule is CN(C)CCC(C(=O)C(CCN(C)C)c1ccc(Oc2ccc(F)cc2)cc1)c1ccc(Oc2ccc(F)cc2)cc1. The summed E-state index contributed by atoms with van der Waals surface area (Å²) in [6.07, 6.45) is 1.35. The normalized spacial score (nSPS) is 12.8. The van der Waals surface area contributed by atoms with E-state index in [1.54, 1.807) is 24.3 Å². The smallest absolute Gasteiger partial charge is 0.147 e. The highest BCUT2D eigenvalue weighted by atomic mass is 19.1. The maximum absolute atomic E-state index is 14.3. The number of Topliss-reactive ketones (excluding diaryl/α,β-unsaturated/α-hetero) is 1. The lowest BCUT2D eigenvalue weighted by Gasteiger charge is -2.26. The minimum atomic E-state index is -0.321. The second-order valence-electron chi connectivity index (χ2n) is 10.9. The van der Waals surface area contributed by atoms with Crippen molar-refractivity contribution in [2.45, 2.75) is 24.7 Å². The number of carbonyl (C=O) groups is 1. The van der Waals surface area contributed by atoms with E-state index in [0.29, 0.717) is 35.8 Å². The predicted molar refractivity (Wildman–Crippen MR) is 163 cm³/mol. The Morgan fingerprint density at radius 1 is 0.548 bits per heavy atom. The van der Waals surface area contributed by atoms with Gasteiger partial charge in [0, 0.05) is 11.8 Å². The van der Waals surface area contributed by atoms with Crippen LogP contribution in [0, 0.1) is 11.6 Å². The molecule has 7 heteroatoms. The Balaban J connectivity index is 1.56. The highest BCUT2D eigenvalue weighted by Crippen LogP contribution is 2.34. The molecule has 0 aromatic heterocycles. The fourth-order valence-electron chi connectivity index (χ4n) is 4.78. The molecule has 2 atom stereocenters. The highest BCUT2D eigenvalue weighted by Gasteiger charge is 2.29. The molecule has 0 spiro atoms. The van der Waals surface area contributed by atoms with Gasteiger partial charge in [-0.05, 0) is 138 Å². The molecule has 42 heavy (non-hydrogen) atoms. The predicted octanol–water partition coefficient (Wildman–Crippen LogP) is 7.89. The third kappa shape index (κ3) is 8.96. The second kappa shape index (κ2) is 14.7. The average molecular weight is 573 g/mol. The molecule has 0 fully saturated rings. The van der Waals surface area contributed by atoms with Gasteiger partial charge < -0.3 is 19.3 Å². The van der Waals surface area contributed by atoms with E-state index in [0.717, 1.165) is 24.2 Å². The molecule has 0 saturated heterocycles. The van der Waals surface area contributed by atoms with Gasteiger partial charge in [-0.1, -0.05) is 24.3 Å². The Hall–Kier alpha value is -4.07. The zero-order chi connectivity index (χ0) is 30.1. The number of benzene rings is 4. The Kier molecular flexibility index (Phi) is 10.8. The summed E-state index contributed by atoms with van der Waals surface area (Å²) in [5.41, 5.74) is 1.86. The number of hydrogen-bond acceptors (Lipinski definition) is 5. The maximum Gasteiger partial charge on any atom is 0.147 e. The second-order valence-corrected chi connectivity index (χ2v) is 10.9. The van der Waals surface area contributed by atoms with Crippen LogP contribution in [0.3, 0.4) is 0 Å². The zero-order valence-electron chi connectivity index (χ0n) is 24.6. The van der Waals surface area contributed by atoms with Crippen molar-refractivity contribution in [3.05, 3.63) is 120 Å². The average Bonchev–Trinajstić information content (AvgIpc) is 2.97. The van der Waals surface area contributed by atoms with Crippen LogP contribution >= 0.6 is 0 Å². The lowest BCUT2D eigenvalue weighted by Crippen LogP contribution is -2.27. The molecular weight excluding hydrogens is 534 g/mol. The van der Waals surface area contributed by atoms with Crippen molar-refractivity contribution in [2.75, 3.05) is 41.3 Å². The van der Waals surface area contributed by atoms with Gasteiger partial charge >= 0.3 is 0 Å². The fourth-order valence-corrected chi connectivity index (χ4v) is 4.78. The molecule has 4 aromatic carbocycles. The van der Waals surface area contributed by atoms with E-state index >= 15 is 0 Å². The first kappa shape index (κ1) is 30.9. The molecule has 5 nitrogen and oxygen atoms in total. The van der Waals surface area contributed by atoms with Gasteiger partial charge in [-0.3, -0.25) is 4.79 Å². The first-order valence-electron chi connectivity index (χ1n) is 14.1. The van der Waals surface area contributed by atoms with Crippen molar-refractivity contribution in [1.29, 1.82) is 0 Å².